The Balaban J connectivity index is 1.71. The van der Waals surface area contributed by atoms with Crippen LogP contribution in [0.15, 0.2) is 65.3 Å². The number of anilines is 2. The minimum absolute atomic E-state index is 0.0634. The van der Waals surface area contributed by atoms with E-state index in [-0.39, 0.29) is 29.9 Å². The summed E-state index contributed by atoms with van der Waals surface area (Å²) >= 11 is 12.1. The first kappa shape index (κ1) is 19.9. The summed E-state index contributed by atoms with van der Waals surface area (Å²) in [6.07, 6.45) is 1.58. The maximum absolute atomic E-state index is 12.6. The first-order chi connectivity index (χ1) is 14.5. The van der Waals surface area contributed by atoms with E-state index in [0.717, 1.165) is 5.56 Å². The SMILES string of the molecule is Nc1ccnc(-c2c(-c3ccc(Cl)cc3)noc2NC(=O)Cc2ccccc2Cl)n1. The first-order valence-corrected chi connectivity index (χ1v) is 9.64. The minimum atomic E-state index is -0.327. The summed E-state index contributed by atoms with van der Waals surface area (Å²) in [5.41, 5.74) is 8.09. The molecule has 30 heavy (non-hydrogen) atoms. The zero-order valence-corrected chi connectivity index (χ0v) is 17.0. The number of aromatic nitrogens is 3. The number of nitrogens with two attached hydrogens (primary N) is 1. The highest BCUT2D eigenvalue weighted by atomic mass is 35.5. The maximum Gasteiger partial charge on any atom is 0.243 e. The van der Waals surface area contributed by atoms with Gasteiger partial charge >= 0.3 is 0 Å². The molecule has 150 valence electrons. The molecule has 7 nitrogen and oxygen atoms in total. The van der Waals surface area contributed by atoms with Crippen LogP contribution in [0.1, 0.15) is 5.56 Å². The van der Waals surface area contributed by atoms with Crippen LogP contribution in [-0.2, 0) is 11.2 Å². The number of nitrogens with one attached hydrogen (secondary N) is 1. The highest BCUT2D eigenvalue weighted by Crippen LogP contribution is 2.36. The lowest BCUT2D eigenvalue weighted by atomic mass is 10.1. The molecule has 2 aromatic carbocycles. The van der Waals surface area contributed by atoms with Crippen molar-refractivity contribution in [2.75, 3.05) is 11.1 Å². The van der Waals surface area contributed by atoms with Crippen molar-refractivity contribution in [3.8, 4) is 22.6 Å². The van der Waals surface area contributed by atoms with Crippen molar-refractivity contribution in [2.45, 2.75) is 6.42 Å². The van der Waals surface area contributed by atoms with Crippen LogP contribution >= 0.6 is 23.2 Å². The van der Waals surface area contributed by atoms with Gasteiger partial charge in [0.25, 0.3) is 0 Å². The van der Waals surface area contributed by atoms with E-state index in [0.29, 0.717) is 26.9 Å². The number of carbonyl (C=O) groups excluding carboxylic acids is 1. The Morgan fingerprint density at radius 1 is 1.07 bits per heavy atom. The fraction of sp³-hybridized carbons (Fsp3) is 0.0476. The largest absolute Gasteiger partial charge is 0.384 e. The Morgan fingerprint density at radius 3 is 2.57 bits per heavy atom. The van der Waals surface area contributed by atoms with E-state index < -0.39 is 0 Å². The van der Waals surface area contributed by atoms with Gasteiger partial charge < -0.3 is 10.3 Å². The van der Waals surface area contributed by atoms with Gasteiger partial charge in [-0.05, 0) is 29.8 Å². The number of amides is 1. The Bertz CT molecular complexity index is 1210. The van der Waals surface area contributed by atoms with Crippen molar-refractivity contribution >= 4 is 40.8 Å². The number of rotatable bonds is 5. The Hall–Kier alpha value is -3.42. The van der Waals surface area contributed by atoms with Crippen LogP contribution < -0.4 is 11.1 Å². The molecule has 0 aliphatic carbocycles. The van der Waals surface area contributed by atoms with Crippen LogP contribution in [0.5, 0.6) is 0 Å². The summed E-state index contributed by atoms with van der Waals surface area (Å²) in [4.78, 5) is 21.2. The van der Waals surface area contributed by atoms with Crippen molar-refractivity contribution in [3.63, 3.8) is 0 Å². The second-order valence-corrected chi connectivity index (χ2v) is 7.21. The molecule has 1 amide bonds. The van der Waals surface area contributed by atoms with E-state index in [1.807, 2.05) is 6.07 Å². The normalized spacial score (nSPS) is 10.7. The van der Waals surface area contributed by atoms with Gasteiger partial charge in [0.1, 0.15) is 17.1 Å². The molecule has 4 aromatic rings. The van der Waals surface area contributed by atoms with E-state index in [4.69, 9.17) is 33.5 Å². The fourth-order valence-corrected chi connectivity index (χ4v) is 3.19. The van der Waals surface area contributed by atoms with Crippen molar-refractivity contribution in [2.24, 2.45) is 0 Å². The van der Waals surface area contributed by atoms with Crippen LogP contribution in [0.25, 0.3) is 22.6 Å². The molecule has 0 saturated heterocycles. The molecule has 4 rings (SSSR count). The van der Waals surface area contributed by atoms with Crippen molar-refractivity contribution in [1.29, 1.82) is 0 Å². The first-order valence-electron chi connectivity index (χ1n) is 8.89. The van der Waals surface area contributed by atoms with Gasteiger partial charge in [0.2, 0.25) is 11.8 Å². The number of carbonyl (C=O) groups is 1. The van der Waals surface area contributed by atoms with E-state index in [9.17, 15) is 4.79 Å². The van der Waals surface area contributed by atoms with Gasteiger partial charge in [0.15, 0.2) is 5.82 Å². The highest BCUT2D eigenvalue weighted by Gasteiger charge is 2.23. The van der Waals surface area contributed by atoms with Gasteiger partial charge in [0, 0.05) is 21.8 Å². The van der Waals surface area contributed by atoms with Gasteiger partial charge in [-0.25, -0.2) is 9.97 Å². The third kappa shape index (κ3) is 4.27. The van der Waals surface area contributed by atoms with Gasteiger partial charge in [0.05, 0.1) is 6.42 Å². The van der Waals surface area contributed by atoms with Gasteiger partial charge in [-0.15, -0.1) is 0 Å². The predicted molar refractivity (Wildman–Crippen MR) is 116 cm³/mol. The summed E-state index contributed by atoms with van der Waals surface area (Å²) < 4.78 is 5.44. The molecule has 2 aromatic heterocycles. The van der Waals surface area contributed by atoms with Gasteiger partial charge in [-0.1, -0.05) is 58.7 Å². The van der Waals surface area contributed by atoms with Crippen LogP contribution in [-0.4, -0.2) is 21.0 Å². The average Bonchev–Trinajstić information content (AvgIpc) is 3.13. The summed E-state index contributed by atoms with van der Waals surface area (Å²) in [6.45, 7) is 0. The molecular weight excluding hydrogens is 425 g/mol. The minimum Gasteiger partial charge on any atom is -0.384 e. The molecule has 0 saturated carbocycles. The standard InChI is InChI=1S/C21H15Cl2N5O2/c22-14-7-5-12(6-8-14)19-18(20-25-10-9-16(24)26-20)21(30-28-19)27-17(29)11-13-3-1-2-4-15(13)23/h1-10H,11H2,(H,27,29)(H2,24,25,26). The third-order valence-electron chi connectivity index (χ3n) is 4.27. The number of halogens is 2. The zero-order valence-electron chi connectivity index (χ0n) is 15.5. The Labute approximate surface area is 181 Å². The molecule has 9 heteroatoms. The van der Waals surface area contributed by atoms with E-state index in [2.05, 4.69) is 20.4 Å². The van der Waals surface area contributed by atoms with Crippen LogP contribution in [0.3, 0.4) is 0 Å². The predicted octanol–water partition coefficient (Wildman–Crippen LogP) is 4.87. The van der Waals surface area contributed by atoms with Crippen molar-refractivity contribution in [1.82, 2.24) is 15.1 Å². The number of nitrogen functional groups attached to an aromatic ring is 1. The molecule has 0 radical (unpaired) electrons. The molecule has 0 unspecified atom stereocenters. The Kier molecular flexibility index (Phi) is 5.65. The average molecular weight is 440 g/mol. The fourth-order valence-electron chi connectivity index (χ4n) is 2.87. The van der Waals surface area contributed by atoms with Crippen LogP contribution in [0, 0.1) is 0 Å². The summed E-state index contributed by atoms with van der Waals surface area (Å²) in [6, 6.07) is 15.7. The van der Waals surface area contributed by atoms with Crippen LogP contribution in [0.4, 0.5) is 11.7 Å². The van der Waals surface area contributed by atoms with Crippen molar-refractivity contribution < 1.29 is 9.32 Å². The van der Waals surface area contributed by atoms with E-state index in [1.54, 1.807) is 48.5 Å². The monoisotopic (exact) mass is 439 g/mol. The van der Waals surface area contributed by atoms with E-state index in [1.165, 1.54) is 6.20 Å². The third-order valence-corrected chi connectivity index (χ3v) is 4.89. The Morgan fingerprint density at radius 2 is 1.83 bits per heavy atom. The smallest absolute Gasteiger partial charge is 0.243 e. The lowest BCUT2D eigenvalue weighted by molar-refractivity contribution is -0.115. The summed E-state index contributed by atoms with van der Waals surface area (Å²) in [7, 11) is 0. The quantitative estimate of drug-likeness (QED) is 0.459. The van der Waals surface area contributed by atoms with Gasteiger partial charge in [-0.3, -0.25) is 10.1 Å². The number of nitrogens with zero attached hydrogens (tertiary/aromatic N) is 3. The van der Waals surface area contributed by atoms with Crippen LogP contribution in [0.2, 0.25) is 10.0 Å². The maximum atomic E-state index is 12.6. The molecule has 0 aliphatic heterocycles. The summed E-state index contributed by atoms with van der Waals surface area (Å²) in [5, 5.41) is 7.94. The lowest BCUT2D eigenvalue weighted by Crippen LogP contribution is -2.15. The molecule has 2 heterocycles. The number of hydrogen-bond acceptors (Lipinski definition) is 6. The van der Waals surface area contributed by atoms with E-state index >= 15 is 0 Å². The zero-order chi connectivity index (χ0) is 21.1. The van der Waals surface area contributed by atoms with Gasteiger partial charge in [-0.2, -0.15) is 0 Å². The second kappa shape index (κ2) is 8.52. The lowest BCUT2D eigenvalue weighted by Gasteiger charge is -2.07. The molecule has 0 fully saturated rings. The highest BCUT2D eigenvalue weighted by molar-refractivity contribution is 6.31. The number of benzene rings is 2. The number of hydrogen-bond donors (Lipinski definition) is 2. The molecule has 0 spiro atoms. The van der Waals surface area contributed by atoms with Crippen molar-refractivity contribution in [3.05, 3.63) is 76.4 Å². The molecule has 0 atom stereocenters. The molecule has 0 aliphatic rings. The molecule has 3 N–H and O–H groups in total. The molecule has 0 bridgehead atoms. The summed E-state index contributed by atoms with van der Waals surface area (Å²) in [5.74, 6) is 0.334. The molecular formula is C21H15Cl2N5O2. The topological polar surface area (TPSA) is 107 Å². The second-order valence-electron chi connectivity index (χ2n) is 6.36.